The van der Waals surface area contributed by atoms with Gasteiger partial charge in [0, 0.05) is 78.3 Å². The van der Waals surface area contributed by atoms with Crippen molar-refractivity contribution in [3.8, 4) is 0 Å². The number of nitrogens with one attached hydrogen (secondary N) is 13. The highest BCUT2D eigenvalue weighted by molar-refractivity contribution is 5.98. The maximum atomic E-state index is 14.5. The number of para-hydroxylation sites is 2. The first-order chi connectivity index (χ1) is 46.0. The largest absolute Gasteiger partial charge is 0.480 e. The zero-order valence-electron chi connectivity index (χ0n) is 54.3. The zero-order valence-corrected chi connectivity index (χ0v) is 54.3. The van der Waals surface area contributed by atoms with Crippen molar-refractivity contribution in [1.82, 2.24) is 68.1 Å². The van der Waals surface area contributed by atoms with Gasteiger partial charge >= 0.3 is 5.97 Å². The number of aromatic amines is 2. The summed E-state index contributed by atoms with van der Waals surface area (Å²) < 4.78 is 0. The van der Waals surface area contributed by atoms with Gasteiger partial charge in [-0.25, -0.2) is 4.98 Å². The van der Waals surface area contributed by atoms with E-state index in [1.165, 1.54) is 19.4 Å². The fraction of sp³-hybridized carbons (Fsp3) is 0.406. The number of hydrogen-bond donors (Lipinski definition) is 16. The topological polar surface area (TPSA) is 414 Å². The number of carbonyl (C=O) groups excluding carboxylic acids is 9. The molecule has 0 bridgehead atoms. The average Bonchev–Trinajstić information content (AvgIpc) is 1.64. The number of fused-ring (bicyclic) bond motifs is 4. The number of aliphatic hydroxyl groups excluding tert-OH is 1. The SMILES string of the molecule is CC(C)C[C@H](NC(=O)[C@H](Cc1cnc[nH]1)NC(=O)CNC(=O)[C@@H](NC(=O)[C@H](C)NC(=O)[C@H](Cc1c[nH]c2ccccc12)NC(=O)[C@H](CCC(N)=O)NC(=O)C1CC2C(=CN1)Nc1ccccc12)C(C)C)C(=O)N[C@@H](Cc1ccccc1)C(O)CN[C@@H](Cc1ccccc1)C(=O)O. The Morgan fingerprint density at radius 2 is 1.27 bits per heavy atom. The third-order valence-corrected chi connectivity index (χ3v) is 16.9. The van der Waals surface area contributed by atoms with Gasteiger partial charge < -0.3 is 84.4 Å². The third kappa shape index (κ3) is 20.3. The number of allylic oxidation sites excluding steroid dienone is 1. The number of amides is 9. The number of benzene rings is 4. The highest BCUT2D eigenvalue weighted by Crippen LogP contribution is 2.42. The molecule has 2 aliphatic heterocycles. The molecule has 0 radical (unpaired) electrons. The molecule has 8 rings (SSSR count). The average molecular weight is 1320 g/mol. The zero-order chi connectivity index (χ0) is 69.0. The molecular weight excluding hydrogens is 1230 g/mol. The van der Waals surface area contributed by atoms with Gasteiger partial charge in [0.25, 0.3) is 0 Å². The van der Waals surface area contributed by atoms with Gasteiger partial charge in [-0.15, -0.1) is 0 Å². The highest BCUT2D eigenvalue weighted by atomic mass is 16.4. The molecule has 2 aromatic heterocycles. The van der Waals surface area contributed by atoms with Crippen LogP contribution in [0, 0.1) is 11.8 Å². The van der Waals surface area contributed by atoms with E-state index in [4.69, 9.17) is 5.73 Å². The van der Waals surface area contributed by atoms with Gasteiger partial charge in [-0.2, -0.15) is 0 Å². The van der Waals surface area contributed by atoms with E-state index < -0.39 is 132 Å². The number of primary amides is 1. The van der Waals surface area contributed by atoms with E-state index in [0.717, 1.165) is 39.0 Å². The minimum atomic E-state index is -1.36. The van der Waals surface area contributed by atoms with Gasteiger partial charge in [-0.05, 0) is 85.3 Å². The van der Waals surface area contributed by atoms with Crippen LogP contribution in [-0.4, -0.2) is 158 Å². The first kappa shape index (κ1) is 71.4. The molecule has 0 spiro atoms. The van der Waals surface area contributed by atoms with Gasteiger partial charge in [0.2, 0.25) is 53.2 Å². The number of rotatable bonds is 35. The lowest BCUT2D eigenvalue weighted by Crippen LogP contribution is -2.60. The van der Waals surface area contributed by atoms with Crippen LogP contribution in [-0.2, 0) is 73.6 Å². The molecule has 9 amide bonds. The summed E-state index contributed by atoms with van der Waals surface area (Å²) in [6.45, 7) is 7.48. The van der Waals surface area contributed by atoms with Crippen LogP contribution in [0.3, 0.4) is 0 Å². The summed E-state index contributed by atoms with van der Waals surface area (Å²) in [4.78, 5) is 148. The number of aliphatic hydroxyl groups is 1. The number of aliphatic carboxylic acids is 1. The normalized spacial score (nSPS) is 16.7. The molecule has 27 nitrogen and oxygen atoms in total. The van der Waals surface area contributed by atoms with E-state index in [-0.39, 0.29) is 63.3 Å². The number of aromatic nitrogens is 3. The Morgan fingerprint density at radius 3 is 1.95 bits per heavy atom. The number of nitrogens with two attached hydrogens (primary N) is 1. The number of imidazole rings is 1. The van der Waals surface area contributed by atoms with Gasteiger partial charge in [-0.3, -0.25) is 47.9 Å². The van der Waals surface area contributed by atoms with E-state index >= 15 is 0 Å². The predicted molar refractivity (Wildman–Crippen MR) is 357 cm³/mol. The lowest BCUT2D eigenvalue weighted by atomic mass is 9.89. The first-order valence-corrected chi connectivity index (χ1v) is 32.2. The summed E-state index contributed by atoms with van der Waals surface area (Å²) in [7, 11) is 0. The standard InChI is InChI=1S/C69H87N15O12/c1-38(2)26-53(66(92)81-51(27-41-16-8-6-9-17-41)58(85)35-74-56(69(95)96)28-42-18-10-7-11-19-42)82-67(93)55(30-44-33-71-37-76-44)79-60(87)36-75-68(94)61(39(3)4)84-62(88)40(5)77-65(91)54(29-43-32-72-48-22-14-12-20-45(43)48)83-63(89)50(24-25-59(70)86)80-64(90)52-31-47-46-21-13-15-23-49(46)78-57(47)34-73-52/h6-23,32-34,37-40,47,50-56,58,61,72-74,78,85H,24-31,35-36H2,1-5H3,(H2,70,86)(H,71,76)(H,75,94)(H,77,91)(H,79,87)(H,80,90)(H,81,92)(H,82,93)(H,83,89)(H,84,88)(H,95,96)/t40-,47?,50-,51-,52?,53-,54-,55-,56-,58?,61-/m0/s1. The van der Waals surface area contributed by atoms with Crippen LogP contribution < -0.4 is 64.2 Å². The molecular formula is C69H87N15O12. The number of anilines is 1. The Labute approximate surface area is 555 Å². The molecule has 6 aromatic rings. The van der Waals surface area contributed by atoms with Gasteiger partial charge in [0.1, 0.15) is 48.3 Å². The Balaban J connectivity index is 0.894. The fourth-order valence-electron chi connectivity index (χ4n) is 11.7. The van der Waals surface area contributed by atoms with Crippen molar-refractivity contribution >= 4 is 75.7 Å². The summed E-state index contributed by atoms with van der Waals surface area (Å²) >= 11 is 0. The number of nitrogens with zero attached hydrogens (tertiary/aromatic N) is 1. The molecule has 0 fully saturated rings. The lowest BCUT2D eigenvalue weighted by Gasteiger charge is -2.29. The fourth-order valence-corrected chi connectivity index (χ4v) is 11.7. The molecule has 96 heavy (non-hydrogen) atoms. The van der Waals surface area contributed by atoms with Crippen LogP contribution in [0.15, 0.2) is 140 Å². The van der Waals surface area contributed by atoms with Crippen LogP contribution in [0.5, 0.6) is 0 Å². The summed E-state index contributed by atoms with van der Waals surface area (Å²) in [6.07, 6.45) is 5.01. The molecule has 0 saturated carbocycles. The molecule has 3 unspecified atom stereocenters. The van der Waals surface area contributed by atoms with Crippen LogP contribution in [0.2, 0.25) is 0 Å². The Kier molecular flexibility index (Phi) is 25.4. The van der Waals surface area contributed by atoms with E-state index in [2.05, 4.69) is 73.4 Å². The van der Waals surface area contributed by atoms with Gasteiger partial charge in [0.15, 0.2) is 0 Å². The van der Waals surface area contributed by atoms with Crippen molar-refractivity contribution in [1.29, 1.82) is 0 Å². The van der Waals surface area contributed by atoms with Crippen LogP contribution in [0.1, 0.15) is 94.2 Å². The number of hydrogen-bond acceptors (Lipinski definition) is 15. The molecule has 27 heteroatoms. The van der Waals surface area contributed by atoms with Crippen molar-refractivity contribution in [3.63, 3.8) is 0 Å². The molecule has 510 valence electrons. The van der Waals surface area contributed by atoms with Crippen molar-refractivity contribution in [2.24, 2.45) is 17.6 Å². The van der Waals surface area contributed by atoms with Crippen molar-refractivity contribution in [2.45, 2.75) is 152 Å². The van der Waals surface area contributed by atoms with E-state index in [1.54, 1.807) is 62.6 Å². The molecule has 2 aliphatic rings. The van der Waals surface area contributed by atoms with Gasteiger partial charge in [0.05, 0.1) is 25.0 Å². The molecule has 11 atom stereocenters. The summed E-state index contributed by atoms with van der Waals surface area (Å²) in [5.74, 6) is -8.64. The monoisotopic (exact) mass is 1320 g/mol. The minimum Gasteiger partial charge on any atom is -0.480 e. The quantitative estimate of drug-likeness (QED) is 0.0268. The van der Waals surface area contributed by atoms with Crippen molar-refractivity contribution < 1.29 is 58.2 Å². The second-order valence-corrected chi connectivity index (χ2v) is 25.1. The summed E-state index contributed by atoms with van der Waals surface area (Å²) in [5.41, 5.74) is 11.7. The van der Waals surface area contributed by atoms with Crippen LogP contribution in [0.4, 0.5) is 5.69 Å². The second kappa shape index (κ2) is 34.1. The molecule has 4 aromatic carbocycles. The summed E-state index contributed by atoms with van der Waals surface area (Å²) in [6, 6.07) is 22.5. The molecule has 0 saturated heterocycles. The van der Waals surface area contributed by atoms with Crippen LogP contribution in [0.25, 0.3) is 10.9 Å². The molecule has 4 heterocycles. The molecule has 0 aliphatic carbocycles. The summed E-state index contributed by atoms with van der Waals surface area (Å²) in [5, 5.41) is 53.6. The van der Waals surface area contributed by atoms with E-state index in [9.17, 15) is 58.2 Å². The third-order valence-electron chi connectivity index (χ3n) is 16.9. The number of carboxylic acids is 1. The lowest BCUT2D eigenvalue weighted by molar-refractivity contribution is -0.139. The number of H-pyrrole nitrogens is 2. The Morgan fingerprint density at radius 1 is 0.635 bits per heavy atom. The number of carboxylic acid groups (broad SMARTS) is 1. The molecule has 17 N–H and O–H groups in total. The van der Waals surface area contributed by atoms with Crippen molar-refractivity contribution in [2.75, 3.05) is 18.4 Å². The second-order valence-electron chi connectivity index (χ2n) is 25.1. The van der Waals surface area contributed by atoms with Crippen molar-refractivity contribution in [3.05, 3.63) is 168 Å². The predicted octanol–water partition coefficient (Wildman–Crippen LogP) is 1.48. The van der Waals surface area contributed by atoms with E-state index in [1.807, 2.05) is 86.6 Å². The number of carbonyl (C=O) groups is 10. The highest BCUT2D eigenvalue weighted by Gasteiger charge is 2.38. The van der Waals surface area contributed by atoms with Crippen LogP contribution >= 0.6 is 0 Å². The Bertz CT molecular complexity index is 3710. The smallest absolute Gasteiger partial charge is 0.321 e. The first-order valence-electron chi connectivity index (χ1n) is 32.2. The maximum absolute atomic E-state index is 14.5. The maximum Gasteiger partial charge on any atom is 0.321 e. The minimum absolute atomic E-state index is 0.0933. The Hall–Kier alpha value is -10.4. The van der Waals surface area contributed by atoms with E-state index in [0.29, 0.717) is 17.7 Å². The van der Waals surface area contributed by atoms with Gasteiger partial charge in [-0.1, -0.05) is 125 Å².